The molecule has 1 heterocycles. The molecule has 108 valence electrons. The van der Waals surface area contributed by atoms with Gasteiger partial charge in [-0.05, 0) is 31.9 Å². The number of rotatable bonds is 6. The summed E-state index contributed by atoms with van der Waals surface area (Å²) in [6.07, 6.45) is 2.73. The smallest absolute Gasteiger partial charge is 0.236 e. The molecule has 1 rings (SSSR count). The quantitative estimate of drug-likeness (QED) is 0.834. The Morgan fingerprint density at radius 2 is 2.21 bits per heavy atom. The largest absolute Gasteiger partial charge is 0.475 e. The maximum atomic E-state index is 11.3. The highest BCUT2D eigenvalue weighted by Crippen LogP contribution is 2.12. The van der Waals surface area contributed by atoms with E-state index in [2.05, 4.69) is 17.2 Å². The van der Waals surface area contributed by atoms with E-state index in [1.54, 1.807) is 13.1 Å². The van der Waals surface area contributed by atoms with Crippen molar-refractivity contribution in [2.75, 3.05) is 0 Å². The zero-order valence-corrected chi connectivity index (χ0v) is 12.4. The number of amides is 1. The summed E-state index contributed by atoms with van der Waals surface area (Å²) in [5.41, 5.74) is 6.41. The Morgan fingerprint density at radius 3 is 2.79 bits per heavy atom. The van der Waals surface area contributed by atoms with Gasteiger partial charge in [-0.1, -0.05) is 6.92 Å². The van der Waals surface area contributed by atoms with Gasteiger partial charge < -0.3 is 15.8 Å². The van der Waals surface area contributed by atoms with E-state index in [1.165, 1.54) is 0 Å². The Hall–Kier alpha value is -1.33. The first kappa shape index (κ1) is 17.7. The molecule has 0 fully saturated rings. The van der Waals surface area contributed by atoms with Crippen LogP contribution in [0.2, 0.25) is 0 Å². The molecule has 3 N–H and O–H groups in total. The summed E-state index contributed by atoms with van der Waals surface area (Å²) in [5, 5.41) is 2.75. The van der Waals surface area contributed by atoms with Gasteiger partial charge in [-0.25, -0.2) is 4.98 Å². The minimum atomic E-state index is -0.498. The van der Waals surface area contributed by atoms with Gasteiger partial charge in [0.25, 0.3) is 0 Å². The lowest BCUT2D eigenvalue weighted by molar-refractivity contribution is -0.122. The second kappa shape index (κ2) is 8.72. The molecule has 0 aliphatic rings. The number of halogens is 1. The summed E-state index contributed by atoms with van der Waals surface area (Å²) in [6.45, 7) is 6.13. The summed E-state index contributed by atoms with van der Waals surface area (Å²) < 4.78 is 5.61. The minimum Gasteiger partial charge on any atom is -0.475 e. The maximum absolute atomic E-state index is 11.3. The molecule has 0 bridgehead atoms. The Morgan fingerprint density at radius 1 is 1.53 bits per heavy atom. The summed E-state index contributed by atoms with van der Waals surface area (Å²) in [5.74, 6) is 0.410. The van der Waals surface area contributed by atoms with Gasteiger partial charge in [-0.2, -0.15) is 0 Å². The molecule has 0 saturated carbocycles. The molecular formula is C13H22ClN3O2. The van der Waals surface area contributed by atoms with Crippen molar-refractivity contribution >= 4 is 18.3 Å². The van der Waals surface area contributed by atoms with E-state index < -0.39 is 6.04 Å². The van der Waals surface area contributed by atoms with Crippen molar-refractivity contribution in [2.45, 2.75) is 45.9 Å². The van der Waals surface area contributed by atoms with Crippen molar-refractivity contribution in [3.8, 4) is 5.88 Å². The molecule has 6 heteroatoms. The number of nitrogens with two attached hydrogens (primary N) is 1. The first-order valence-corrected chi connectivity index (χ1v) is 6.17. The Kier molecular flexibility index (Phi) is 8.11. The van der Waals surface area contributed by atoms with Crippen molar-refractivity contribution in [1.82, 2.24) is 10.3 Å². The van der Waals surface area contributed by atoms with Crippen molar-refractivity contribution < 1.29 is 9.53 Å². The molecule has 1 amide bonds. The van der Waals surface area contributed by atoms with Crippen LogP contribution in [0.25, 0.3) is 0 Å². The number of nitrogens with zero attached hydrogens (tertiary/aromatic N) is 1. The first-order chi connectivity index (χ1) is 8.52. The zero-order valence-electron chi connectivity index (χ0n) is 11.6. The van der Waals surface area contributed by atoms with E-state index in [0.29, 0.717) is 12.4 Å². The van der Waals surface area contributed by atoms with Crippen LogP contribution in [-0.2, 0) is 11.3 Å². The van der Waals surface area contributed by atoms with E-state index in [9.17, 15) is 4.79 Å². The van der Waals surface area contributed by atoms with Crippen molar-refractivity contribution in [2.24, 2.45) is 5.73 Å². The third-order valence-electron chi connectivity index (χ3n) is 2.58. The molecule has 2 atom stereocenters. The van der Waals surface area contributed by atoms with E-state index >= 15 is 0 Å². The summed E-state index contributed by atoms with van der Waals surface area (Å²) in [6, 6.07) is 3.17. The lowest BCUT2D eigenvalue weighted by Gasteiger charge is -2.12. The molecule has 0 saturated heterocycles. The van der Waals surface area contributed by atoms with E-state index in [4.69, 9.17) is 10.5 Å². The van der Waals surface area contributed by atoms with Gasteiger partial charge in [0, 0.05) is 18.8 Å². The molecule has 0 spiro atoms. The van der Waals surface area contributed by atoms with Crippen LogP contribution in [0.4, 0.5) is 0 Å². The SMILES string of the molecule is CCC(C)Oc1cc(CNC(=O)C(C)N)ccn1.Cl. The van der Waals surface area contributed by atoms with Gasteiger partial charge >= 0.3 is 0 Å². The number of carbonyl (C=O) groups excluding carboxylic acids is 1. The maximum Gasteiger partial charge on any atom is 0.236 e. The Bertz CT molecular complexity index is 399. The third kappa shape index (κ3) is 6.40. The Balaban J connectivity index is 0.00000324. The number of hydrogen-bond donors (Lipinski definition) is 2. The lowest BCUT2D eigenvalue weighted by Crippen LogP contribution is -2.37. The molecular weight excluding hydrogens is 266 g/mol. The van der Waals surface area contributed by atoms with Crippen LogP contribution >= 0.6 is 12.4 Å². The molecule has 19 heavy (non-hydrogen) atoms. The normalized spacial score (nSPS) is 13.1. The minimum absolute atomic E-state index is 0. The standard InChI is InChI=1S/C13H21N3O2.ClH/c1-4-9(2)18-12-7-11(5-6-15-12)8-16-13(17)10(3)14;/h5-7,9-10H,4,8,14H2,1-3H3,(H,16,17);1H. The van der Waals surface area contributed by atoms with Crippen LogP contribution in [0.5, 0.6) is 5.88 Å². The predicted octanol–water partition coefficient (Wildman–Crippen LogP) is 1.64. The number of pyridine rings is 1. The fraction of sp³-hybridized carbons (Fsp3) is 0.538. The van der Waals surface area contributed by atoms with Crippen LogP contribution in [0.15, 0.2) is 18.3 Å². The van der Waals surface area contributed by atoms with E-state index in [1.807, 2.05) is 19.1 Å². The average Bonchev–Trinajstić information content (AvgIpc) is 2.36. The van der Waals surface area contributed by atoms with Gasteiger partial charge in [0.15, 0.2) is 0 Å². The summed E-state index contributed by atoms with van der Waals surface area (Å²) >= 11 is 0. The zero-order chi connectivity index (χ0) is 13.5. The fourth-order valence-corrected chi connectivity index (χ4v) is 1.26. The summed E-state index contributed by atoms with van der Waals surface area (Å²) in [4.78, 5) is 15.5. The average molecular weight is 288 g/mol. The highest BCUT2D eigenvalue weighted by molar-refractivity contribution is 5.85. The van der Waals surface area contributed by atoms with Crippen LogP contribution in [0, 0.1) is 0 Å². The highest BCUT2D eigenvalue weighted by Gasteiger charge is 2.07. The fourth-order valence-electron chi connectivity index (χ4n) is 1.26. The van der Waals surface area contributed by atoms with Gasteiger partial charge in [-0.15, -0.1) is 12.4 Å². The molecule has 0 radical (unpaired) electrons. The second-order valence-corrected chi connectivity index (χ2v) is 4.35. The number of hydrogen-bond acceptors (Lipinski definition) is 4. The molecule has 5 nitrogen and oxygen atoms in total. The molecule has 2 unspecified atom stereocenters. The topological polar surface area (TPSA) is 77.2 Å². The molecule has 0 aliphatic heterocycles. The van der Waals surface area contributed by atoms with Gasteiger partial charge in [0.1, 0.15) is 0 Å². The van der Waals surface area contributed by atoms with Crippen molar-refractivity contribution in [1.29, 1.82) is 0 Å². The van der Waals surface area contributed by atoms with E-state index in [-0.39, 0.29) is 24.4 Å². The summed E-state index contributed by atoms with van der Waals surface area (Å²) in [7, 11) is 0. The van der Waals surface area contributed by atoms with Crippen LogP contribution in [0.1, 0.15) is 32.8 Å². The number of aromatic nitrogens is 1. The second-order valence-electron chi connectivity index (χ2n) is 4.35. The first-order valence-electron chi connectivity index (χ1n) is 6.17. The van der Waals surface area contributed by atoms with E-state index in [0.717, 1.165) is 12.0 Å². The highest BCUT2D eigenvalue weighted by atomic mass is 35.5. The van der Waals surface area contributed by atoms with Crippen LogP contribution < -0.4 is 15.8 Å². The predicted molar refractivity (Wildman–Crippen MR) is 77.4 cm³/mol. The van der Waals surface area contributed by atoms with Crippen molar-refractivity contribution in [3.63, 3.8) is 0 Å². The number of ether oxygens (including phenoxy) is 1. The third-order valence-corrected chi connectivity index (χ3v) is 2.58. The van der Waals surface area contributed by atoms with Crippen molar-refractivity contribution in [3.05, 3.63) is 23.9 Å². The van der Waals surface area contributed by atoms with Gasteiger partial charge in [-0.3, -0.25) is 4.79 Å². The Labute approximate surface area is 120 Å². The number of carbonyl (C=O) groups is 1. The lowest BCUT2D eigenvalue weighted by atomic mass is 10.2. The van der Waals surface area contributed by atoms with Gasteiger partial charge in [0.05, 0.1) is 12.1 Å². The monoisotopic (exact) mass is 287 g/mol. The van der Waals surface area contributed by atoms with Crippen LogP contribution in [-0.4, -0.2) is 23.0 Å². The van der Waals surface area contributed by atoms with Gasteiger partial charge in [0.2, 0.25) is 11.8 Å². The van der Waals surface area contributed by atoms with Crippen LogP contribution in [0.3, 0.4) is 0 Å². The molecule has 0 aliphatic carbocycles. The number of nitrogens with one attached hydrogen (secondary N) is 1. The molecule has 1 aromatic rings. The molecule has 1 aromatic heterocycles. The molecule has 0 aromatic carbocycles.